The highest BCUT2D eigenvalue weighted by molar-refractivity contribution is 5.86. The Balaban J connectivity index is 0.000000103. The Morgan fingerprint density at radius 3 is 1.32 bits per heavy atom. The predicted molar refractivity (Wildman–Crippen MR) is 296 cm³/mol. The molecule has 16 rings (SSSR count). The summed E-state index contributed by atoms with van der Waals surface area (Å²) in [5, 5.41) is 95.5. The number of rotatable bonds is 10. The Morgan fingerprint density at radius 1 is 0.488 bits per heavy atom. The molecule has 17 atom stereocenters. The number of aryl methyl sites for hydroxylation is 3. The molecule has 82 heavy (non-hydrogen) atoms. The van der Waals surface area contributed by atoms with Crippen molar-refractivity contribution in [2.75, 3.05) is 62.6 Å². The van der Waals surface area contributed by atoms with E-state index in [2.05, 4.69) is 70.0 Å². The van der Waals surface area contributed by atoms with E-state index in [1.54, 1.807) is 43.6 Å². The molecule has 0 amide bonds. The van der Waals surface area contributed by atoms with Crippen LogP contribution in [0.2, 0.25) is 0 Å². The first-order chi connectivity index (χ1) is 39.4. The molecule has 15 N–H and O–H groups in total. The van der Waals surface area contributed by atoms with E-state index in [-0.39, 0.29) is 78.7 Å². The van der Waals surface area contributed by atoms with Gasteiger partial charge in [0.15, 0.2) is 40.0 Å². The zero-order chi connectivity index (χ0) is 57.7. The van der Waals surface area contributed by atoms with Crippen LogP contribution >= 0.6 is 0 Å². The SMILES string of the molecule is CNc1ccnc2c1ncn2C1CC(O)C2(CO)CC12.CNc1nc(C)nc2c1ncn2C1CC(O)C2(CO)CC12.Cc1nc(N)c2ncn(C3C(O)C(O)C4(CO)CC34)c2n1.Cc1nc(N)c2ncn(C3CC(O)C4(CO)CC34)c2n1. The number of nitrogens with one attached hydrogen (secondary N) is 2. The number of hydrogen-bond acceptors (Lipinski definition) is 24. The van der Waals surface area contributed by atoms with Gasteiger partial charge in [-0.1, -0.05) is 0 Å². The molecule has 8 aromatic heterocycles. The molecule has 8 fully saturated rings. The highest BCUT2D eigenvalue weighted by Crippen LogP contribution is 2.70. The molecule has 8 aliphatic rings. The van der Waals surface area contributed by atoms with Gasteiger partial charge in [0, 0.05) is 60.1 Å². The molecule has 0 spiro atoms. The third-order valence-electron chi connectivity index (χ3n) is 20.4. The Morgan fingerprint density at radius 2 is 0.890 bits per heavy atom. The average Bonchev–Trinajstić information content (AvgIpc) is 2.36. The number of pyridine rings is 1. The lowest BCUT2D eigenvalue weighted by Gasteiger charge is -2.23. The molecule has 28 nitrogen and oxygen atoms in total. The Kier molecular flexibility index (Phi) is 12.8. The standard InChI is InChI=1S/C14H19N5O2.C14H18N4O2.C13H17N5O3.C13H17N5O2/c1-7-17-12(15-2)11-13(18-7)19(6-16-11)9-3-10(21)14(5-20)4-8(9)14;1-15-9-2-3-16-13-12(9)17-7-18(13)10-4-11(20)14(6-19)5-8(10)14;1-5-16-11(14)7-12(17-5)18(4-15-7)8-6-2-13(6,3-19)10(21)9(8)20;1-6-16-11(14)10-12(17-6)18(5-15-10)8-2-9(20)13(4-19)3-7(8)13/h6,8-10,20-21H,3-5H2,1-2H3,(H,15,17,18);2-3,7-8,10-11,19-20H,4-6H2,1H3,(H,15,16);4,6,8-10,19-21H,2-3H2,1H3,(H2,14,16,17);5,7-9,19-20H,2-4H2,1H3,(H2,14,16,17). The summed E-state index contributed by atoms with van der Waals surface area (Å²) in [6, 6.07) is 2.00. The van der Waals surface area contributed by atoms with Gasteiger partial charge in [-0.25, -0.2) is 54.8 Å². The summed E-state index contributed by atoms with van der Waals surface area (Å²) in [4.78, 5) is 47.7. The molecule has 8 aliphatic carbocycles. The summed E-state index contributed by atoms with van der Waals surface area (Å²) in [6.07, 6.45) is 10.7. The van der Waals surface area contributed by atoms with Crippen molar-refractivity contribution < 1.29 is 46.0 Å². The van der Waals surface area contributed by atoms with Crippen molar-refractivity contribution in [2.24, 2.45) is 45.3 Å². The summed E-state index contributed by atoms with van der Waals surface area (Å²) >= 11 is 0. The largest absolute Gasteiger partial charge is 0.396 e. The van der Waals surface area contributed by atoms with Crippen molar-refractivity contribution in [3.63, 3.8) is 0 Å². The number of aromatic nitrogens is 15. The molecule has 17 unspecified atom stereocenters. The lowest BCUT2D eigenvalue weighted by Crippen LogP contribution is -2.35. The van der Waals surface area contributed by atoms with Crippen LogP contribution in [0.4, 0.5) is 23.1 Å². The Hall–Kier alpha value is -6.89. The van der Waals surface area contributed by atoms with Crippen LogP contribution in [-0.2, 0) is 0 Å². The number of anilines is 4. The number of nitrogens with two attached hydrogens (primary N) is 2. The van der Waals surface area contributed by atoms with Gasteiger partial charge >= 0.3 is 0 Å². The third kappa shape index (κ3) is 7.92. The fourth-order valence-corrected chi connectivity index (χ4v) is 15.4. The summed E-state index contributed by atoms with van der Waals surface area (Å²) in [7, 11) is 3.68. The highest BCUT2D eigenvalue weighted by Gasteiger charge is 2.72. The summed E-state index contributed by atoms with van der Waals surface area (Å²) in [5.41, 5.74) is 16.8. The van der Waals surface area contributed by atoms with E-state index in [0.29, 0.717) is 89.0 Å². The lowest BCUT2D eigenvalue weighted by atomic mass is 10.0. The van der Waals surface area contributed by atoms with Gasteiger partial charge < -0.3 is 86.3 Å². The van der Waals surface area contributed by atoms with Crippen LogP contribution in [0.5, 0.6) is 0 Å². The maximum absolute atomic E-state index is 10.3. The van der Waals surface area contributed by atoms with Gasteiger partial charge in [-0.15, -0.1) is 0 Å². The first-order valence-electron chi connectivity index (χ1n) is 28.0. The molecule has 8 saturated carbocycles. The van der Waals surface area contributed by atoms with Gasteiger partial charge in [-0.05, 0) is 95.5 Å². The van der Waals surface area contributed by atoms with Crippen LogP contribution in [-0.4, -0.2) is 190 Å². The second kappa shape index (κ2) is 19.3. The summed E-state index contributed by atoms with van der Waals surface area (Å²) in [6.45, 7) is 5.42. The van der Waals surface area contributed by atoms with E-state index in [1.807, 2.05) is 42.5 Å². The molecular formula is C54H71N19O9. The fourth-order valence-electron chi connectivity index (χ4n) is 15.4. The van der Waals surface area contributed by atoms with E-state index >= 15 is 0 Å². The molecule has 0 bridgehead atoms. The number of nitrogen functional groups attached to an aromatic ring is 2. The topological polar surface area (TPSA) is 420 Å². The molecule has 0 aliphatic heterocycles. The first-order valence-corrected chi connectivity index (χ1v) is 28.0. The minimum absolute atomic E-state index is 0.0152. The number of aliphatic hydroxyl groups excluding tert-OH is 9. The van der Waals surface area contributed by atoms with Gasteiger partial charge in [0.1, 0.15) is 45.6 Å². The lowest BCUT2D eigenvalue weighted by molar-refractivity contribution is -0.0300. The van der Waals surface area contributed by atoms with E-state index in [1.165, 1.54) is 0 Å². The van der Waals surface area contributed by atoms with E-state index in [9.17, 15) is 46.0 Å². The number of aliphatic hydroxyl groups is 9. The van der Waals surface area contributed by atoms with Gasteiger partial charge in [-0.3, -0.25) is 0 Å². The second-order valence-corrected chi connectivity index (χ2v) is 24.3. The molecule has 8 heterocycles. The van der Waals surface area contributed by atoms with Crippen LogP contribution in [0.3, 0.4) is 0 Å². The second-order valence-electron chi connectivity index (χ2n) is 24.3. The smallest absolute Gasteiger partial charge is 0.166 e. The maximum Gasteiger partial charge on any atom is 0.166 e. The minimum Gasteiger partial charge on any atom is -0.396 e. The molecule has 0 aromatic carbocycles. The monoisotopic (exact) mass is 1130 g/mol. The first kappa shape index (κ1) is 54.4. The quantitative estimate of drug-likeness (QED) is 0.0874. The third-order valence-corrected chi connectivity index (χ3v) is 20.4. The predicted octanol–water partition coefficient (Wildman–Crippen LogP) is 0.271. The van der Waals surface area contributed by atoms with Crippen molar-refractivity contribution in [1.82, 2.24) is 73.1 Å². The van der Waals surface area contributed by atoms with Crippen molar-refractivity contribution in [2.45, 2.75) is 120 Å². The van der Waals surface area contributed by atoms with Crippen LogP contribution < -0.4 is 22.1 Å². The van der Waals surface area contributed by atoms with Crippen molar-refractivity contribution in [3.8, 4) is 0 Å². The van der Waals surface area contributed by atoms with Gasteiger partial charge in [0.25, 0.3) is 0 Å². The number of nitrogens with zero attached hydrogens (tertiary/aromatic N) is 15. The average molecular weight is 1130 g/mol. The van der Waals surface area contributed by atoms with Gasteiger partial charge in [0.05, 0.1) is 87.9 Å². The van der Waals surface area contributed by atoms with Crippen LogP contribution in [0.15, 0.2) is 37.6 Å². The zero-order valence-electron chi connectivity index (χ0n) is 46.1. The molecule has 436 valence electrons. The van der Waals surface area contributed by atoms with Gasteiger partial charge in [-0.2, -0.15) is 0 Å². The highest BCUT2D eigenvalue weighted by atomic mass is 16.3. The van der Waals surface area contributed by atoms with Crippen molar-refractivity contribution in [1.29, 1.82) is 0 Å². The van der Waals surface area contributed by atoms with Crippen LogP contribution in [0.1, 0.15) is 86.6 Å². The van der Waals surface area contributed by atoms with Crippen molar-refractivity contribution in [3.05, 3.63) is 55.0 Å². The maximum atomic E-state index is 10.3. The minimum atomic E-state index is -0.954. The Bertz CT molecular complexity index is 3780. The molecule has 0 saturated heterocycles. The molecule has 28 heteroatoms. The van der Waals surface area contributed by atoms with Crippen molar-refractivity contribution >= 4 is 67.8 Å². The number of hydrogen-bond donors (Lipinski definition) is 13. The van der Waals surface area contributed by atoms with E-state index in [4.69, 9.17) is 11.5 Å². The molecular weight excluding hydrogens is 1060 g/mol. The molecule has 8 aromatic rings. The molecule has 0 radical (unpaired) electrons. The zero-order valence-corrected chi connectivity index (χ0v) is 46.1. The van der Waals surface area contributed by atoms with E-state index < -0.39 is 35.9 Å². The van der Waals surface area contributed by atoms with Crippen LogP contribution in [0, 0.1) is 66.1 Å². The summed E-state index contributed by atoms with van der Waals surface area (Å²) in [5.74, 6) is 4.18. The number of imidazole rings is 4. The Labute approximate surface area is 468 Å². The number of fused-ring (bicyclic) bond motifs is 8. The van der Waals surface area contributed by atoms with Crippen LogP contribution in [0.25, 0.3) is 44.7 Å². The normalized spacial score (nSPS) is 35.7. The van der Waals surface area contributed by atoms with Gasteiger partial charge in [0.2, 0.25) is 0 Å². The fraction of sp³-hybridized carbons (Fsp3) is 0.611. The van der Waals surface area contributed by atoms with E-state index in [0.717, 1.165) is 53.1 Å². The summed E-state index contributed by atoms with van der Waals surface area (Å²) < 4.78 is 7.85.